The molecule has 3 N–H and O–H groups in total. The summed E-state index contributed by atoms with van der Waals surface area (Å²) in [4.78, 5) is 18.3. The van der Waals surface area contributed by atoms with Crippen LogP contribution in [0.1, 0.15) is 16.1 Å². The number of carbonyl (C=O) groups is 1. The largest absolute Gasteiger partial charge is 0.397 e. The highest BCUT2D eigenvalue weighted by molar-refractivity contribution is 5.95. The first-order valence-corrected chi connectivity index (χ1v) is 6.36. The number of aromatic nitrogens is 1. The third kappa shape index (κ3) is 3.65. The molecule has 6 heteroatoms. The third-order valence-corrected chi connectivity index (χ3v) is 3.18. The Hall–Kier alpha value is -1.66. The van der Waals surface area contributed by atoms with Gasteiger partial charge in [-0.3, -0.25) is 9.78 Å². The van der Waals surface area contributed by atoms with E-state index in [-0.39, 0.29) is 12.0 Å². The van der Waals surface area contributed by atoms with Gasteiger partial charge in [-0.1, -0.05) is 0 Å². The number of ether oxygens (including phenoxy) is 1. The lowest BCUT2D eigenvalue weighted by Crippen LogP contribution is -2.46. The number of carbonyl (C=O) groups excluding carboxylic acids is 1. The summed E-state index contributed by atoms with van der Waals surface area (Å²) in [5, 5.41) is 2.87. The summed E-state index contributed by atoms with van der Waals surface area (Å²) in [6.07, 6.45) is 1.59. The fraction of sp³-hybridized carbons (Fsp3) is 0.538. The summed E-state index contributed by atoms with van der Waals surface area (Å²) in [6, 6.07) is 1.64. The molecule has 1 aliphatic rings. The van der Waals surface area contributed by atoms with Gasteiger partial charge in [-0.25, -0.2) is 0 Å². The first-order valence-electron chi connectivity index (χ1n) is 6.36. The maximum absolute atomic E-state index is 12.1. The molecule has 0 radical (unpaired) electrons. The van der Waals surface area contributed by atoms with E-state index in [1.807, 2.05) is 7.05 Å². The second-order valence-corrected chi connectivity index (χ2v) is 4.87. The molecule has 1 amide bonds. The van der Waals surface area contributed by atoms with E-state index in [9.17, 15) is 4.79 Å². The van der Waals surface area contributed by atoms with Gasteiger partial charge in [-0.05, 0) is 20.0 Å². The molecule has 0 saturated carbocycles. The topological polar surface area (TPSA) is 80.5 Å². The van der Waals surface area contributed by atoms with E-state index in [0.29, 0.717) is 30.1 Å². The van der Waals surface area contributed by atoms with Gasteiger partial charge in [0.05, 0.1) is 35.9 Å². The van der Waals surface area contributed by atoms with Crippen LogP contribution in [-0.4, -0.2) is 55.2 Å². The van der Waals surface area contributed by atoms with E-state index in [2.05, 4.69) is 15.2 Å². The molecule has 0 spiro atoms. The number of hydrogen-bond acceptors (Lipinski definition) is 5. The van der Waals surface area contributed by atoms with Crippen LogP contribution >= 0.6 is 0 Å². The van der Waals surface area contributed by atoms with Crippen LogP contribution in [0.15, 0.2) is 12.3 Å². The molecular weight excluding hydrogens is 244 g/mol. The summed E-state index contributed by atoms with van der Waals surface area (Å²) >= 11 is 0. The molecule has 104 valence electrons. The molecule has 1 fully saturated rings. The molecular formula is C13H20N4O2. The lowest BCUT2D eigenvalue weighted by atomic mass is 10.1. The highest BCUT2D eigenvalue weighted by atomic mass is 16.5. The van der Waals surface area contributed by atoms with Crippen LogP contribution in [-0.2, 0) is 4.74 Å². The number of nitrogens with one attached hydrogen (secondary N) is 1. The van der Waals surface area contributed by atoms with Crippen molar-refractivity contribution in [1.29, 1.82) is 0 Å². The Balaban J connectivity index is 1.92. The van der Waals surface area contributed by atoms with Crippen LogP contribution in [0.25, 0.3) is 0 Å². The van der Waals surface area contributed by atoms with Gasteiger partial charge in [-0.2, -0.15) is 0 Å². The standard InChI is InChI=1S/C13H20N4O2/c1-9-12(5-10(14)6-15-9)13(18)16-7-11-8-17(2)3-4-19-11/h5-6,11H,3-4,7-8,14H2,1-2H3,(H,16,18). The maximum Gasteiger partial charge on any atom is 0.253 e. The van der Waals surface area contributed by atoms with Crippen molar-refractivity contribution >= 4 is 11.6 Å². The fourth-order valence-corrected chi connectivity index (χ4v) is 2.07. The summed E-state index contributed by atoms with van der Waals surface area (Å²) in [7, 11) is 2.04. The quantitative estimate of drug-likeness (QED) is 0.805. The molecule has 6 nitrogen and oxygen atoms in total. The van der Waals surface area contributed by atoms with Gasteiger partial charge in [0, 0.05) is 19.6 Å². The van der Waals surface area contributed by atoms with Crippen LogP contribution in [0.5, 0.6) is 0 Å². The van der Waals surface area contributed by atoms with E-state index in [4.69, 9.17) is 10.5 Å². The summed E-state index contributed by atoms with van der Waals surface area (Å²) in [5.74, 6) is -0.158. The minimum atomic E-state index is -0.158. The molecule has 0 aromatic carbocycles. The minimum absolute atomic E-state index is 0.0389. The minimum Gasteiger partial charge on any atom is -0.397 e. The zero-order valence-electron chi connectivity index (χ0n) is 11.3. The molecule has 1 aliphatic heterocycles. The van der Waals surface area contributed by atoms with Crippen molar-refractivity contribution in [3.05, 3.63) is 23.5 Å². The Labute approximate surface area is 112 Å². The molecule has 2 heterocycles. The van der Waals surface area contributed by atoms with Gasteiger partial charge in [-0.15, -0.1) is 0 Å². The molecule has 1 aromatic heterocycles. The summed E-state index contributed by atoms with van der Waals surface area (Å²) in [6.45, 7) is 4.75. The highest BCUT2D eigenvalue weighted by Gasteiger charge is 2.19. The molecule has 2 rings (SSSR count). The SMILES string of the molecule is Cc1ncc(N)cc1C(=O)NCC1CN(C)CCO1. The van der Waals surface area contributed by atoms with Crippen molar-refractivity contribution < 1.29 is 9.53 Å². The first kappa shape index (κ1) is 13.8. The smallest absolute Gasteiger partial charge is 0.253 e. The number of morpholine rings is 1. The van der Waals surface area contributed by atoms with Gasteiger partial charge >= 0.3 is 0 Å². The number of amides is 1. The number of anilines is 1. The van der Waals surface area contributed by atoms with Crippen molar-refractivity contribution in [1.82, 2.24) is 15.2 Å². The van der Waals surface area contributed by atoms with Gasteiger partial charge in [0.2, 0.25) is 0 Å². The van der Waals surface area contributed by atoms with Crippen LogP contribution < -0.4 is 11.1 Å². The van der Waals surface area contributed by atoms with Crippen LogP contribution in [0.2, 0.25) is 0 Å². The molecule has 1 aromatic rings. The van der Waals surface area contributed by atoms with Gasteiger partial charge in [0.15, 0.2) is 0 Å². The summed E-state index contributed by atoms with van der Waals surface area (Å²) < 4.78 is 5.59. The molecule has 0 bridgehead atoms. The van der Waals surface area contributed by atoms with Crippen molar-refractivity contribution in [3.8, 4) is 0 Å². The molecule has 1 unspecified atom stereocenters. The first-order chi connectivity index (χ1) is 9.06. The van der Waals surface area contributed by atoms with E-state index in [0.717, 1.165) is 13.1 Å². The predicted molar refractivity (Wildman–Crippen MR) is 73.0 cm³/mol. The number of likely N-dealkylation sites (N-methyl/N-ethyl adjacent to an activating group) is 1. The Kier molecular flexibility index (Phi) is 4.34. The van der Waals surface area contributed by atoms with E-state index < -0.39 is 0 Å². The van der Waals surface area contributed by atoms with Crippen LogP contribution in [0.4, 0.5) is 5.69 Å². The molecule has 0 aliphatic carbocycles. The van der Waals surface area contributed by atoms with E-state index in [1.54, 1.807) is 19.2 Å². The number of nitrogen functional groups attached to an aromatic ring is 1. The number of rotatable bonds is 3. The average Bonchev–Trinajstić information content (AvgIpc) is 2.39. The molecule has 1 saturated heterocycles. The van der Waals surface area contributed by atoms with Crippen molar-refractivity contribution in [2.45, 2.75) is 13.0 Å². The zero-order chi connectivity index (χ0) is 13.8. The van der Waals surface area contributed by atoms with Gasteiger partial charge in [0.1, 0.15) is 0 Å². The average molecular weight is 264 g/mol. The Morgan fingerprint density at radius 1 is 1.68 bits per heavy atom. The molecule has 19 heavy (non-hydrogen) atoms. The second kappa shape index (κ2) is 5.99. The monoisotopic (exact) mass is 264 g/mol. The predicted octanol–water partition coefficient (Wildman–Crippen LogP) is 0.0326. The Morgan fingerprint density at radius 3 is 3.21 bits per heavy atom. The number of nitrogens with zero attached hydrogens (tertiary/aromatic N) is 2. The lowest BCUT2D eigenvalue weighted by molar-refractivity contribution is -0.0175. The van der Waals surface area contributed by atoms with Crippen LogP contribution in [0, 0.1) is 6.92 Å². The van der Waals surface area contributed by atoms with Crippen molar-refractivity contribution in [3.63, 3.8) is 0 Å². The molecule has 1 atom stereocenters. The van der Waals surface area contributed by atoms with Crippen LogP contribution in [0.3, 0.4) is 0 Å². The number of hydrogen-bond donors (Lipinski definition) is 2. The van der Waals surface area contributed by atoms with Crippen molar-refractivity contribution in [2.75, 3.05) is 39.0 Å². The Morgan fingerprint density at radius 2 is 2.47 bits per heavy atom. The zero-order valence-corrected chi connectivity index (χ0v) is 11.3. The third-order valence-electron chi connectivity index (χ3n) is 3.18. The maximum atomic E-state index is 12.1. The number of pyridine rings is 1. The second-order valence-electron chi connectivity index (χ2n) is 4.87. The Bertz CT molecular complexity index is 464. The fourth-order valence-electron chi connectivity index (χ4n) is 2.07. The normalized spacial score (nSPS) is 20.2. The number of aryl methyl sites for hydroxylation is 1. The summed E-state index contributed by atoms with van der Waals surface area (Å²) in [5.41, 5.74) is 7.33. The van der Waals surface area contributed by atoms with E-state index in [1.165, 1.54) is 0 Å². The van der Waals surface area contributed by atoms with E-state index >= 15 is 0 Å². The van der Waals surface area contributed by atoms with Crippen molar-refractivity contribution in [2.24, 2.45) is 0 Å². The highest BCUT2D eigenvalue weighted by Crippen LogP contribution is 2.09. The van der Waals surface area contributed by atoms with Gasteiger partial charge in [0.25, 0.3) is 5.91 Å². The lowest BCUT2D eigenvalue weighted by Gasteiger charge is -2.30. The number of nitrogens with two attached hydrogens (primary N) is 1. The van der Waals surface area contributed by atoms with Gasteiger partial charge < -0.3 is 20.7 Å².